The van der Waals surface area contributed by atoms with Crippen LogP contribution in [0.15, 0.2) is 17.5 Å². The smallest absolute Gasteiger partial charge is 0.308 e. The van der Waals surface area contributed by atoms with Crippen LogP contribution in [0.3, 0.4) is 0 Å². The minimum Gasteiger partial charge on any atom is -0.460 e. The van der Waals surface area contributed by atoms with E-state index < -0.39 is 0 Å². The van der Waals surface area contributed by atoms with Gasteiger partial charge in [0.2, 0.25) is 0 Å². The van der Waals surface area contributed by atoms with Gasteiger partial charge in [-0.1, -0.05) is 25.3 Å². The molecule has 3 nitrogen and oxygen atoms in total. The fraction of sp³-hybridized carbons (Fsp3) is 0.615. The topological polar surface area (TPSA) is 52.3 Å². The summed E-state index contributed by atoms with van der Waals surface area (Å²) >= 11 is 1.60. The first-order valence-electron chi connectivity index (χ1n) is 6.15. The Balaban J connectivity index is 1.76. The van der Waals surface area contributed by atoms with Crippen LogP contribution in [0.2, 0.25) is 0 Å². The molecule has 1 heterocycles. The van der Waals surface area contributed by atoms with E-state index in [0.717, 1.165) is 30.6 Å². The molecule has 0 radical (unpaired) electrons. The molecule has 17 heavy (non-hydrogen) atoms. The molecule has 1 aliphatic carbocycles. The van der Waals surface area contributed by atoms with E-state index in [1.807, 2.05) is 17.5 Å². The third kappa shape index (κ3) is 3.82. The molecule has 0 atom stereocenters. The maximum Gasteiger partial charge on any atom is 0.308 e. The Labute approximate surface area is 106 Å². The average Bonchev–Trinajstić information content (AvgIpc) is 2.79. The maximum absolute atomic E-state index is 11.7. The Bertz CT molecular complexity index is 356. The molecule has 0 saturated heterocycles. The van der Waals surface area contributed by atoms with E-state index in [1.54, 1.807) is 11.3 Å². The van der Waals surface area contributed by atoms with Crippen LogP contribution in [0, 0.1) is 0 Å². The van der Waals surface area contributed by atoms with E-state index >= 15 is 0 Å². The number of esters is 1. The highest BCUT2D eigenvalue weighted by Gasteiger charge is 2.30. The second-order valence-electron chi connectivity index (χ2n) is 4.84. The molecule has 1 aromatic heterocycles. The van der Waals surface area contributed by atoms with Crippen molar-refractivity contribution < 1.29 is 9.53 Å². The van der Waals surface area contributed by atoms with Gasteiger partial charge in [0, 0.05) is 10.4 Å². The van der Waals surface area contributed by atoms with Crippen molar-refractivity contribution in [3.8, 4) is 0 Å². The van der Waals surface area contributed by atoms with E-state index in [1.165, 1.54) is 6.42 Å². The van der Waals surface area contributed by atoms with Gasteiger partial charge in [-0.3, -0.25) is 4.79 Å². The van der Waals surface area contributed by atoms with Gasteiger partial charge in [0.05, 0.1) is 6.42 Å². The Morgan fingerprint density at radius 2 is 2.18 bits per heavy atom. The minimum atomic E-state index is -0.315. The Hall–Kier alpha value is -0.870. The molecule has 1 fully saturated rings. The molecular weight excluding hydrogens is 234 g/mol. The van der Waals surface area contributed by atoms with Crippen molar-refractivity contribution in [1.29, 1.82) is 0 Å². The van der Waals surface area contributed by atoms with Crippen LogP contribution < -0.4 is 5.73 Å². The maximum atomic E-state index is 11.7. The molecule has 94 valence electrons. The van der Waals surface area contributed by atoms with Crippen LogP contribution in [0.25, 0.3) is 0 Å². The highest BCUT2D eigenvalue weighted by molar-refractivity contribution is 7.09. The normalized spacial score (nSPS) is 18.9. The lowest BCUT2D eigenvalue weighted by molar-refractivity contribution is -0.146. The lowest BCUT2D eigenvalue weighted by Gasteiger charge is -2.32. The first-order chi connectivity index (χ1) is 8.18. The number of rotatable bonds is 4. The second kappa shape index (κ2) is 5.65. The minimum absolute atomic E-state index is 0.164. The third-order valence-electron chi connectivity index (χ3n) is 3.30. The van der Waals surface area contributed by atoms with Crippen LogP contribution >= 0.6 is 11.3 Å². The molecule has 2 rings (SSSR count). The fourth-order valence-corrected chi connectivity index (χ4v) is 2.93. The summed E-state index contributed by atoms with van der Waals surface area (Å²) in [6.07, 6.45) is 5.76. The molecule has 1 aliphatic rings. The van der Waals surface area contributed by atoms with Crippen LogP contribution in [0.4, 0.5) is 0 Å². The Morgan fingerprint density at radius 1 is 1.41 bits per heavy atom. The van der Waals surface area contributed by atoms with Gasteiger partial charge in [-0.25, -0.2) is 0 Å². The van der Waals surface area contributed by atoms with Gasteiger partial charge in [-0.15, -0.1) is 11.3 Å². The summed E-state index contributed by atoms with van der Waals surface area (Å²) in [4.78, 5) is 12.8. The third-order valence-corrected chi connectivity index (χ3v) is 4.15. The molecule has 0 spiro atoms. The first-order valence-corrected chi connectivity index (χ1v) is 7.03. The monoisotopic (exact) mass is 253 g/mol. The van der Waals surface area contributed by atoms with Gasteiger partial charge in [0.1, 0.15) is 6.61 Å². The number of thiophene rings is 1. The van der Waals surface area contributed by atoms with Crippen LogP contribution in [-0.4, -0.2) is 11.5 Å². The van der Waals surface area contributed by atoms with Gasteiger partial charge in [0.25, 0.3) is 0 Å². The number of hydrogen-bond donors (Lipinski definition) is 1. The van der Waals surface area contributed by atoms with Crippen molar-refractivity contribution in [3.05, 3.63) is 22.4 Å². The lowest BCUT2D eigenvalue weighted by atomic mass is 9.80. The highest BCUT2D eigenvalue weighted by Crippen LogP contribution is 2.29. The van der Waals surface area contributed by atoms with Crippen molar-refractivity contribution in [2.24, 2.45) is 5.73 Å². The summed E-state index contributed by atoms with van der Waals surface area (Å²) in [5.74, 6) is -0.164. The summed E-state index contributed by atoms with van der Waals surface area (Å²) in [5.41, 5.74) is 5.90. The Kier molecular flexibility index (Phi) is 4.18. The molecule has 0 unspecified atom stereocenters. The summed E-state index contributed by atoms with van der Waals surface area (Å²) in [5, 5.41) is 1.98. The SMILES string of the molecule is NC1(CC(=O)OCc2cccs2)CCCCC1. The molecule has 4 heteroatoms. The standard InChI is InChI=1S/C13H19NO2S/c14-13(6-2-1-3-7-13)9-12(15)16-10-11-5-4-8-17-11/h4-5,8H,1-3,6-7,9-10,14H2. The van der Waals surface area contributed by atoms with Gasteiger partial charge in [-0.05, 0) is 24.3 Å². The van der Waals surface area contributed by atoms with Crippen LogP contribution in [0.5, 0.6) is 0 Å². The largest absolute Gasteiger partial charge is 0.460 e. The number of ether oxygens (including phenoxy) is 1. The molecule has 0 aliphatic heterocycles. The number of carbonyl (C=O) groups excluding carboxylic acids is 1. The molecule has 1 aromatic rings. The van der Waals surface area contributed by atoms with Crippen molar-refractivity contribution in [2.45, 2.75) is 50.7 Å². The summed E-state index contributed by atoms with van der Waals surface area (Å²) < 4.78 is 5.25. The summed E-state index contributed by atoms with van der Waals surface area (Å²) in [6, 6.07) is 3.93. The zero-order valence-corrected chi connectivity index (χ0v) is 10.8. The number of carbonyl (C=O) groups is 1. The summed E-state index contributed by atoms with van der Waals surface area (Å²) in [6.45, 7) is 0.382. The van der Waals surface area contributed by atoms with E-state index in [2.05, 4.69) is 0 Å². The highest BCUT2D eigenvalue weighted by atomic mass is 32.1. The van der Waals surface area contributed by atoms with E-state index in [-0.39, 0.29) is 11.5 Å². The zero-order chi connectivity index (χ0) is 12.1. The molecule has 0 bridgehead atoms. The van der Waals surface area contributed by atoms with Gasteiger partial charge in [-0.2, -0.15) is 0 Å². The molecule has 2 N–H and O–H groups in total. The van der Waals surface area contributed by atoms with Gasteiger partial charge in [0.15, 0.2) is 0 Å². The second-order valence-corrected chi connectivity index (χ2v) is 5.87. The summed E-state index contributed by atoms with van der Waals surface area (Å²) in [7, 11) is 0. The predicted molar refractivity (Wildman–Crippen MR) is 68.7 cm³/mol. The van der Waals surface area contributed by atoms with Gasteiger partial charge < -0.3 is 10.5 Å². The van der Waals surface area contributed by atoms with Gasteiger partial charge >= 0.3 is 5.97 Å². The fourth-order valence-electron chi connectivity index (χ4n) is 2.32. The van der Waals surface area contributed by atoms with E-state index in [0.29, 0.717) is 13.0 Å². The van der Waals surface area contributed by atoms with Crippen LogP contribution in [-0.2, 0) is 16.1 Å². The number of hydrogen-bond acceptors (Lipinski definition) is 4. The predicted octanol–water partition coefficient (Wildman–Crippen LogP) is 2.84. The zero-order valence-electron chi connectivity index (χ0n) is 9.98. The molecule has 0 amide bonds. The molecular formula is C13H19NO2S. The quantitative estimate of drug-likeness (QED) is 0.839. The van der Waals surface area contributed by atoms with E-state index in [9.17, 15) is 4.79 Å². The first kappa shape index (κ1) is 12.6. The Morgan fingerprint density at radius 3 is 2.82 bits per heavy atom. The average molecular weight is 253 g/mol. The van der Waals surface area contributed by atoms with Crippen molar-refractivity contribution in [3.63, 3.8) is 0 Å². The molecule has 0 aromatic carbocycles. The lowest BCUT2D eigenvalue weighted by Crippen LogP contribution is -2.43. The van der Waals surface area contributed by atoms with Crippen molar-refractivity contribution in [2.75, 3.05) is 0 Å². The number of nitrogens with two attached hydrogens (primary N) is 1. The van der Waals surface area contributed by atoms with E-state index in [4.69, 9.17) is 10.5 Å². The van der Waals surface area contributed by atoms with Crippen LogP contribution in [0.1, 0.15) is 43.4 Å². The van der Waals surface area contributed by atoms with Crippen molar-refractivity contribution >= 4 is 17.3 Å². The van der Waals surface area contributed by atoms with Crippen molar-refractivity contribution in [1.82, 2.24) is 0 Å². The molecule has 1 saturated carbocycles.